The number of hydrogen-bond acceptors (Lipinski definition) is 6. The number of benzene rings is 2. The van der Waals surface area contributed by atoms with Gasteiger partial charge in [0.1, 0.15) is 5.82 Å². The van der Waals surface area contributed by atoms with Gasteiger partial charge in [-0.2, -0.15) is 10.4 Å². The Labute approximate surface area is 213 Å². The first-order chi connectivity index (χ1) is 18.1. The number of aromatic amines is 1. The Balaban J connectivity index is 1.23. The Hall–Kier alpha value is -5.03. The Bertz CT molecular complexity index is 1680. The van der Waals surface area contributed by atoms with E-state index in [-0.39, 0.29) is 11.7 Å². The second kappa shape index (κ2) is 9.21. The number of hydrogen-bond donors (Lipinski definition) is 2. The fourth-order valence-corrected chi connectivity index (χ4v) is 4.75. The van der Waals surface area contributed by atoms with Gasteiger partial charge < -0.3 is 9.88 Å². The van der Waals surface area contributed by atoms with Crippen LogP contribution < -0.4 is 5.32 Å². The van der Waals surface area contributed by atoms with E-state index >= 15 is 0 Å². The second-order valence-electron chi connectivity index (χ2n) is 9.22. The second-order valence-corrected chi connectivity index (χ2v) is 9.22. The zero-order valence-corrected chi connectivity index (χ0v) is 20.1. The van der Waals surface area contributed by atoms with E-state index in [1.54, 1.807) is 18.5 Å². The van der Waals surface area contributed by atoms with Gasteiger partial charge in [-0.25, -0.2) is 9.97 Å². The molecule has 3 heterocycles. The fraction of sp³-hybridized carbons (Fsp3) is 0.138. The number of fused-ring (bicyclic) bond motifs is 1. The number of carbonyl (C=O) groups excluding carboxylic acids is 1. The standard InChI is InChI=1S/C29H23N7O/c1-36-25-15-21(3-2-20(25)14-26(36)28(37)22-12-18(13-22)8-10-30)29-31-11-9-27(35-29)34-24-6-4-19(5-7-24)23-16-32-33-17-23/h2-9,11,14-17,22H,12-13H2,1H3,(H,32,33)(H,31,34,35). The van der Waals surface area contributed by atoms with Crippen molar-refractivity contribution in [1.29, 1.82) is 5.26 Å². The molecule has 3 aromatic heterocycles. The number of aromatic nitrogens is 5. The number of H-pyrrole nitrogens is 1. The lowest BCUT2D eigenvalue weighted by Gasteiger charge is -2.27. The fourth-order valence-electron chi connectivity index (χ4n) is 4.75. The van der Waals surface area contributed by atoms with Crippen LogP contribution in [-0.2, 0) is 7.05 Å². The molecule has 0 aliphatic heterocycles. The van der Waals surface area contributed by atoms with Crippen molar-refractivity contribution in [3.8, 4) is 28.6 Å². The summed E-state index contributed by atoms with van der Waals surface area (Å²) in [6.45, 7) is 0. The van der Waals surface area contributed by atoms with Crippen LogP contribution >= 0.6 is 0 Å². The van der Waals surface area contributed by atoms with Gasteiger partial charge in [-0.15, -0.1) is 0 Å². The van der Waals surface area contributed by atoms with Gasteiger partial charge in [0.05, 0.1) is 18.0 Å². The van der Waals surface area contributed by atoms with Crippen molar-refractivity contribution in [2.24, 2.45) is 13.0 Å². The van der Waals surface area contributed by atoms with Gasteiger partial charge in [0.25, 0.3) is 0 Å². The first kappa shape index (κ1) is 22.4. The van der Waals surface area contributed by atoms with E-state index in [2.05, 4.69) is 26.6 Å². The molecule has 1 aliphatic carbocycles. The van der Waals surface area contributed by atoms with E-state index < -0.39 is 0 Å². The molecule has 0 unspecified atom stereocenters. The predicted octanol–water partition coefficient (Wildman–Crippen LogP) is 5.81. The van der Waals surface area contributed by atoms with Gasteiger partial charge in [-0.1, -0.05) is 29.8 Å². The molecule has 8 nitrogen and oxygen atoms in total. The van der Waals surface area contributed by atoms with Crippen LogP contribution in [0.1, 0.15) is 23.3 Å². The van der Waals surface area contributed by atoms with Gasteiger partial charge in [-0.3, -0.25) is 9.89 Å². The van der Waals surface area contributed by atoms with E-state index in [0.717, 1.165) is 38.9 Å². The highest BCUT2D eigenvalue weighted by molar-refractivity contribution is 6.02. The van der Waals surface area contributed by atoms with Crippen LogP contribution in [0, 0.1) is 17.2 Å². The number of aryl methyl sites for hydroxylation is 1. The van der Waals surface area contributed by atoms with Crippen LogP contribution in [-0.4, -0.2) is 30.5 Å². The van der Waals surface area contributed by atoms with E-state index in [1.165, 1.54) is 0 Å². The number of nitriles is 1. The third kappa shape index (κ3) is 4.28. The summed E-state index contributed by atoms with van der Waals surface area (Å²) in [4.78, 5) is 22.3. The lowest BCUT2D eigenvalue weighted by atomic mass is 9.76. The van der Waals surface area contributed by atoms with E-state index in [9.17, 15) is 4.79 Å². The Morgan fingerprint density at radius 2 is 1.92 bits per heavy atom. The van der Waals surface area contributed by atoms with Crippen LogP contribution in [0.3, 0.4) is 0 Å². The maximum absolute atomic E-state index is 13.1. The van der Waals surface area contributed by atoms with Crippen molar-refractivity contribution < 1.29 is 4.79 Å². The molecule has 0 saturated heterocycles. The van der Waals surface area contributed by atoms with Crippen molar-refractivity contribution in [3.05, 3.63) is 90.5 Å². The minimum atomic E-state index is -0.0538. The van der Waals surface area contributed by atoms with Crippen LogP contribution in [0.25, 0.3) is 33.4 Å². The van der Waals surface area contributed by atoms with Crippen LogP contribution in [0.4, 0.5) is 11.5 Å². The zero-order valence-electron chi connectivity index (χ0n) is 20.1. The van der Waals surface area contributed by atoms with Crippen molar-refractivity contribution in [2.45, 2.75) is 12.8 Å². The molecule has 2 N–H and O–H groups in total. The molecule has 0 bridgehead atoms. The molecule has 1 fully saturated rings. The van der Waals surface area contributed by atoms with E-state index in [4.69, 9.17) is 10.2 Å². The highest BCUT2D eigenvalue weighted by Crippen LogP contribution is 2.36. The number of ketones is 1. The Morgan fingerprint density at radius 1 is 1.11 bits per heavy atom. The van der Waals surface area contributed by atoms with E-state index in [0.29, 0.717) is 30.2 Å². The van der Waals surface area contributed by atoms with Gasteiger partial charge >= 0.3 is 0 Å². The molecule has 5 aromatic rings. The molecule has 0 atom stereocenters. The lowest BCUT2D eigenvalue weighted by Crippen LogP contribution is -2.25. The highest BCUT2D eigenvalue weighted by Gasteiger charge is 2.32. The maximum atomic E-state index is 13.1. The van der Waals surface area contributed by atoms with Crippen molar-refractivity contribution in [2.75, 3.05) is 5.32 Å². The quantitative estimate of drug-likeness (QED) is 0.232. The zero-order chi connectivity index (χ0) is 25.4. The average Bonchev–Trinajstić information content (AvgIpc) is 3.55. The smallest absolute Gasteiger partial charge is 0.182 e. The number of rotatable bonds is 6. The molecule has 6 rings (SSSR count). The minimum Gasteiger partial charge on any atom is -0.341 e. The first-order valence-corrected chi connectivity index (χ1v) is 12.0. The minimum absolute atomic E-state index is 0.0538. The number of nitrogens with one attached hydrogen (secondary N) is 2. The first-order valence-electron chi connectivity index (χ1n) is 12.0. The SMILES string of the molecule is Cn1c(C(=O)C2CC(=CC#N)C2)cc2ccc(-c3nccc(Nc4ccc(-c5cn[nH]c5)cc4)n3)cc21. The maximum Gasteiger partial charge on any atom is 0.182 e. The molecule has 180 valence electrons. The van der Waals surface area contributed by atoms with Crippen molar-refractivity contribution >= 4 is 28.2 Å². The normalized spacial score (nSPS) is 14.7. The van der Waals surface area contributed by atoms with Crippen LogP contribution in [0.2, 0.25) is 0 Å². The molecule has 8 heteroatoms. The summed E-state index contributed by atoms with van der Waals surface area (Å²) in [7, 11) is 1.91. The molecule has 0 amide bonds. The number of anilines is 2. The van der Waals surface area contributed by atoms with Gasteiger partial charge in [0.2, 0.25) is 0 Å². The Morgan fingerprint density at radius 3 is 2.68 bits per heavy atom. The molecule has 1 aliphatic rings. The average molecular weight is 486 g/mol. The molecule has 37 heavy (non-hydrogen) atoms. The third-order valence-electron chi connectivity index (χ3n) is 6.86. The summed E-state index contributed by atoms with van der Waals surface area (Å²) >= 11 is 0. The van der Waals surface area contributed by atoms with Gasteiger partial charge in [0.15, 0.2) is 11.6 Å². The largest absolute Gasteiger partial charge is 0.341 e. The number of allylic oxidation sites excluding steroid dienone is 2. The number of Topliss-reactive ketones (excluding diaryl/α,β-unsaturated/α-hetero) is 1. The molecule has 0 radical (unpaired) electrons. The summed E-state index contributed by atoms with van der Waals surface area (Å²) < 4.78 is 1.94. The summed E-state index contributed by atoms with van der Waals surface area (Å²) in [5, 5.41) is 20.0. The lowest BCUT2D eigenvalue weighted by molar-refractivity contribution is 0.0883. The number of nitrogens with zero attached hydrogens (tertiary/aromatic N) is 5. The molecular formula is C29H23N7O. The number of carbonyl (C=O) groups is 1. The third-order valence-corrected chi connectivity index (χ3v) is 6.86. The van der Waals surface area contributed by atoms with Crippen molar-refractivity contribution in [3.63, 3.8) is 0 Å². The van der Waals surface area contributed by atoms with Crippen molar-refractivity contribution in [1.82, 2.24) is 24.7 Å². The van der Waals surface area contributed by atoms with Gasteiger partial charge in [-0.05, 0) is 48.7 Å². The summed E-state index contributed by atoms with van der Waals surface area (Å²) in [6, 6.07) is 19.9. The Kier molecular flexibility index (Phi) is 5.58. The monoisotopic (exact) mass is 485 g/mol. The topological polar surface area (TPSA) is 112 Å². The van der Waals surface area contributed by atoms with Crippen LogP contribution in [0.15, 0.2) is 84.8 Å². The molecule has 0 spiro atoms. The predicted molar refractivity (Wildman–Crippen MR) is 142 cm³/mol. The van der Waals surface area contributed by atoms with E-state index in [1.807, 2.05) is 72.4 Å². The molecule has 1 saturated carbocycles. The van der Waals surface area contributed by atoms with Crippen LogP contribution in [0.5, 0.6) is 0 Å². The molecule has 2 aromatic carbocycles. The summed E-state index contributed by atoms with van der Waals surface area (Å²) in [5.74, 6) is 1.36. The van der Waals surface area contributed by atoms with Gasteiger partial charge in [0, 0.05) is 59.2 Å². The summed E-state index contributed by atoms with van der Waals surface area (Å²) in [6.07, 6.45) is 8.27. The highest BCUT2D eigenvalue weighted by atomic mass is 16.1. The molecular weight excluding hydrogens is 462 g/mol. The summed E-state index contributed by atoms with van der Waals surface area (Å²) in [5.41, 5.74) is 6.57.